The maximum atomic E-state index is 5.85. The third-order valence-electron chi connectivity index (χ3n) is 4.09. The summed E-state index contributed by atoms with van der Waals surface area (Å²) in [5.74, 6) is 1.45. The Kier molecular flexibility index (Phi) is 4.25. The van der Waals surface area contributed by atoms with Crippen molar-refractivity contribution in [1.29, 1.82) is 0 Å². The topological polar surface area (TPSA) is 39.1 Å². The summed E-state index contributed by atoms with van der Waals surface area (Å²) in [7, 11) is 1.96. The monoisotopic (exact) mass is 285 g/mol. The van der Waals surface area contributed by atoms with Crippen molar-refractivity contribution in [1.82, 2.24) is 15.1 Å². The molecule has 1 aromatic heterocycles. The van der Waals surface area contributed by atoms with Gasteiger partial charge in [-0.25, -0.2) is 0 Å². The van der Waals surface area contributed by atoms with Crippen LogP contribution >= 0.6 is 0 Å². The normalized spacial score (nSPS) is 18.3. The van der Waals surface area contributed by atoms with E-state index < -0.39 is 0 Å². The number of hydrogen-bond donors (Lipinski definition) is 1. The van der Waals surface area contributed by atoms with Crippen molar-refractivity contribution in [3.8, 4) is 5.75 Å². The van der Waals surface area contributed by atoms with Gasteiger partial charge < -0.3 is 10.1 Å². The van der Waals surface area contributed by atoms with Crippen LogP contribution in [0.2, 0.25) is 0 Å². The van der Waals surface area contributed by atoms with Crippen LogP contribution in [0.15, 0.2) is 36.7 Å². The molecule has 0 fully saturated rings. The molecule has 1 aliphatic rings. The molecule has 112 valence electrons. The summed E-state index contributed by atoms with van der Waals surface area (Å²) in [6.07, 6.45) is 6.18. The largest absolute Gasteiger partial charge is 0.493 e. The third kappa shape index (κ3) is 3.10. The Labute approximate surface area is 126 Å². The van der Waals surface area contributed by atoms with E-state index >= 15 is 0 Å². The molecule has 21 heavy (non-hydrogen) atoms. The molecule has 0 bridgehead atoms. The smallest absolute Gasteiger partial charge is 0.122 e. The highest BCUT2D eigenvalue weighted by Gasteiger charge is 2.31. The lowest BCUT2D eigenvalue weighted by atomic mass is 9.89. The van der Waals surface area contributed by atoms with Crippen LogP contribution in [0.5, 0.6) is 5.75 Å². The second-order valence-electron chi connectivity index (χ2n) is 5.74. The summed E-state index contributed by atoms with van der Waals surface area (Å²) in [4.78, 5) is 0. The van der Waals surface area contributed by atoms with Gasteiger partial charge in [0.15, 0.2) is 0 Å². The first-order chi connectivity index (χ1) is 10.3. The van der Waals surface area contributed by atoms with Crippen molar-refractivity contribution in [3.05, 3.63) is 47.8 Å². The number of nitrogens with zero attached hydrogens (tertiary/aromatic N) is 2. The van der Waals surface area contributed by atoms with Gasteiger partial charge in [0.25, 0.3) is 0 Å². The first kappa shape index (κ1) is 14.1. The summed E-state index contributed by atoms with van der Waals surface area (Å²) >= 11 is 0. The molecule has 0 amide bonds. The Morgan fingerprint density at radius 1 is 1.43 bits per heavy atom. The summed E-state index contributed by atoms with van der Waals surface area (Å²) in [5.41, 5.74) is 2.60. The van der Waals surface area contributed by atoms with Gasteiger partial charge in [-0.3, -0.25) is 4.68 Å². The number of ether oxygens (including phenoxy) is 1. The van der Waals surface area contributed by atoms with Crippen LogP contribution in [-0.2, 0) is 13.5 Å². The van der Waals surface area contributed by atoms with E-state index in [0.717, 1.165) is 31.7 Å². The van der Waals surface area contributed by atoms with Crippen molar-refractivity contribution in [2.75, 3.05) is 13.2 Å². The highest BCUT2D eigenvalue weighted by atomic mass is 16.5. The van der Waals surface area contributed by atoms with Crippen molar-refractivity contribution in [2.45, 2.75) is 31.7 Å². The van der Waals surface area contributed by atoms with E-state index in [1.54, 1.807) is 0 Å². The summed E-state index contributed by atoms with van der Waals surface area (Å²) in [5, 5.41) is 7.97. The number of para-hydroxylation sites is 1. The number of fused-ring (bicyclic) bond motifs is 1. The standard InChI is InChI=1S/C17H23N3O/c1-3-8-18-16(9-13-10-19-20(2)11-13)15-12-21-17-7-5-4-6-14(15)17/h4-7,10-11,15-16,18H,3,8-9,12H2,1-2H3. The van der Waals surface area contributed by atoms with Gasteiger partial charge in [-0.2, -0.15) is 5.10 Å². The molecule has 0 spiro atoms. The minimum absolute atomic E-state index is 0.387. The Bertz CT molecular complexity index is 593. The number of benzene rings is 1. The number of hydrogen-bond acceptors (Lipinski definition) is 3. The van der Waals surface area contributed by atoms with Gasteiger partial charge in [-0.15, -0.1) is 0 Å². The predicted octanol–water partition coefficient (Wildman–Crippen LogP) is 2.51. The first-order valence-corrected chi connectivity index (χ1v) is 7.70. The first-order valence-electron chi connectivity index (χ1n) is 7.70. The second-order valence-corrected chi connectivity index (χ2v) is 5.74. The van der Waals surface area contributed by atoms with Crippen molar-refractivity contribution < 1.29 is 4.74 Å². The fourth-order valence-electron chi connectivity index (χ4n) is 3.04. The molecule has 1 N–H and O–H groups in total. The Morgan fingerprint density at radius 2 is 2.29 bits per heavy atom. The average Bonchev–Trinajstić information content (AvgIpc) is 3.09. The van der Waals surface area contributed by atoms with Crippen molar-refractivity contribution in [2.24, 2.45) is 7.05 Å². The van der Waals surface area contributed by atoms with Gasteiger partial charge in [0, 0.05) is 30.8 Å². The van der Waals surface area contributed by atoms with E-state index in [1.807, 2.05) is 24.0 Å². The lowest BCUT2D eigenvalue weighted by Crippen LogP contribution is -2.38. The summed E-state index contributed by atoms with van der Waals surface area (Å²) in [6, 6.07) is 8.78. The van der Waals surface area contributed by atoms with Crippen LogP contribution in [0.25, 0.3) is 0 Å². The number of aromatic nitrogens is 2. The van der Waals surface area contributed by atoms with Gasteiger partial charge in [-0.1, -0.05) is 25.1 Å². The van der Waals surface area contributed by atoms with Crippen LogP contribution in [0.4, 0.5) is 0 Å². The molecule has 4 nitrogen and oxygen atoms in total. The summed E-state index contributed by atoms with van der Waals surface area (Å²) in [6.45, 7) is 4.00. The zero-order valence-corrected chi connectivity index (χ0v) is 12.7. The lowest BCUT2D eigenvalue weighted by Gasteiger charge is -2.23. The fourth-order valence-corrected chi connectivity index (χ4v) is 3.04. The van der Waals surface area contributed by atoms with Crippen LogP contribution in [-0.4, -0.2) is 29.0 Å². The van der Waals surface area contributed by atoms with Crippen LogP contribution < -0.4 is 10.1 Å². The Hall–Kier alpha value is -1.81. The van der Waals surface area contributed by atoms with E-state index in [0.29, 0.717) is 12.0 Å². The van der Waals surface area contributed by atoms with E-state index in [1.165, 1.54) is 11.1 Å². The van der Waals surface area contributed by atoms with Crippen LogP contribution in [0.1, 0.15) is 30.4 Å². The highest BCUT2D eigenvalue weighted by molar-refractivity contribution is 5.40. The quantitative estimate of drug-likeness (QED) is 0.886. The third-order valence-corrected chi connectivity index (χ3v) is 4.09. The molecular weight excluding hydrogens is 262 g/mol. The highest BCUT2D eigenvalue weighted by Crippen LogP contribution is 2.36. The van der Waals surface area contributed by atoms with E-state index in [4.69, 9.17) is 4.74 Å². The molecule has 1 aromatic carbocycles. The van der Waals surface area contributed by atoms with E-state index in [9.17, 15) is 0 Å². The van der Waals surface area contributed by atoms with Crippen LogP contribution in [0.3, 0.4) is 0 Å². The minimum atomic E-state index is 0.387. The van der Waals surface area contributed by atoms with Gasteiger partial charge in [0.2, 0.25) is 0 Å². The number of rotatable bonds is 6. The molecule has 2 unspecified atom stereocenters. The minimum Gasteiger partial charge on any atom is -0.493 e. The van der Waals surface area contributed by atoms with Gasteiger partial charge in [0.05, 0.1) is 12.8 Å². The molecular formula is C17H23N3O. The molecule has 0 aliphatic carbocycles. The molecule has 4 heteroatoms. The molecule has 1 aliphatic heterocycles. The van der Waals surface area contributed by atoms with Crippen molar-refractivity contribution >= 4 is 0 Å². The van der Waals surface area contributed by atoms with E-state index in [2.05, 4.69) is 41.7 Å². The zero-order chi connectivity index (χ0) is 14.7. The van der Waals surface area contributed by atoms with Crippen molar-refractivity contribution in [3.63, 3.8) is 0 Å². The van der Waals surface area contributed by atoms with E-state index in [-0.39, 0.29) is 0 Å². The maximum absolute atomic E-state index is 5.85. The lowest BCUT2D eigenvalue weighted by molar-refractivity contribution is 0.296. The molecule has 2 aromatic rings. The molecule has 2 heterocycles. The Morgan fingerprint density at radius 3 is 3.05 bits per heavy atom. The zero-order valence-electron chi connectivity index (χ0n) is 12.7. The maximum Gasteiger partial charge on any atom is 0.122 e. The number of aryl methyl sites for hydroxylation is 1. The van der Waals surface area contributed by atoms with Gasteiger partial charge in [0.1, 0.15) is 5.75 Å². The molecule has 3 rings (SSSR count). The van der Waals surface area contributed by atoms with Gasteiger partial charge >= 0.3 is 0 Å². The Balaban J connectivity index is 1.79. The summed E-state index contributed by atoms with van der Waals surface area (Å²) < 4.78 is 7.72. The molecule has 0 radical (unpaired) electrons. The molecule has 0 saturated heterocycles. The number of nitrogens with one attached hydrogen (secondary N) is 1. The molecule has 2 atom stereocenters. The van der Waals surface area contributed by atoms with Gasteiger partial charge in [-0.05, 0) is 31.0 Å². The second kappa shape index (κ2) is 6.31. The SMILES string of the molecule is CCCNC(Cc1cnn(C)c1)C1COc2ccccc21. The molecule has 0 saturated carbocycles. The fraction of sp³-hybridized carbons (Fsp3) is 0.471. The van der Waals surface area contributed by atoms with Crippen LogP contribution in [0, 0.1) is 0 Å². The predicted molar refractivity (Wildman–Crippen MR) is 83.7 cm³/mol. The average molecular weight is 285 g/mol.